The van der Waals surface area contributed by atoms with Crippen molar-refractivity contribution < 1.29 is 4.74 Å². The van der Waals surface area contributed by atoms with Gasteiger partial charge in [0.05, 0.1) is 7.11 Å². The summed E-state index contributed by atoms with van der Waals surface area (Å²) in [5.74, 6) is 0.884. The van der Waals surface area contributed by atoms with E-state index in [9.17, 15) is 4.79 Å². The van der Waals surface area contributed by atoms with Gasteiger partial charge in [0.15, 0.2) is 0 Å². The largest absolute Gasteiger partial charge is 0.497 e. The molecule has 21 heavy (non-hydrogen) atoms. The van der Waals surface area contributed by atoms with Crippen LogP contribution in [0.4, 0.5) is 0 Å². The van der Waals surface area contributed by atoms with Gasteiger partial charge < -0.3 is 15.0 Å². The number of rotatable bonds is 4. The summed E-state index contributed by atoms with van der Waals surface area (Å²) < 4.78 is 5.16. The van der Waals surface area contributed by atoms with E-state index in [4.69, 9.17) is 4.74 Å². The Morgan fingerprint density at radius 1 is 1.24 bits per heavy atom. The molecule has 4 heteroatoms. The van der Waals surface area contributed by atoms with Crippen molar-refractivity contribution in [2.24, 2.45) is 0 Å². The molecule has 0 bridgehead atoms. The van der Waals surface area contributed by atoms with Gasteiger partial charge in [-0.05, 0) is 42.5 Å². The van der Waals surface area contributed by atoms with Crippen LogP contribution in [0.5, 0.6) is 5.75 Å². The van der Waals surface area contributed by atoms with Gasteiger partial charge in [0.25, 0.3) is 0 Å². The van der Waals surface area contributed by atoms with Crippen LogP contribution in [0.2, 0.25) is 0 Å². The van der Waals surface area contributed by atoms with Crippen LogP contribution < -0.4 is 15.6 Å². The highest BCUT2D eigenvalue weighted by atomic mass is 16.5. The van der Waals surface area contributed by atoms with Crippen molar-refractivity contribution in [3.8, 4) is 5.75 Å². The number of H-pyrrole nitrogens is 1. The van der Waals surface area contributed by atoms with Crippen molar-refractivity contribution in [2.45, 2.75) is 31.8 Å². The summed E-state index contributed by atoms with van der Waals surface area (Å²) in [7, 11) is 1.68. The molecule has 3 rings (SSSR count). The molecule has 1 aliphatic carbocycles. The summed E-state index contributed by atoms with van der Waals surface area (Å²) in [5, 5.41) is 3.60. The highest BCUT2D eigenvalue weighted by Crippen LogP contribution is 2.19. The molecule has 1 heterocycles. The molecule has 2 N–H and O–H groups in total. The third-order valence-electron chi connectivity index (χ3n) is 4.06. The van der Waals surface area contributed by atoms with E-state index in [0.29, 0.717) is 6.04 Å². The van der Waals surface area contributed by atoms with Crippen LogP contribution >= 0.6 is 0 Å². The second kappa shape index (κ2) is 6.14. The number of benzene rings is 1. The number of fused-ring (bicyclic) bond motifs is 1. The third kappa shape index (κ3) is 3.34. The molecule has 4 nitrogen and oxygen atoms in total. The second-order valence-electron chi connectivity index (χ2n) is 5.50. The standard InChI is InChI=1S/C17H20N2O2/c1-21-15-6-2-12(3-7-15)11-18-14-5-8-16-13(10-14)4-9-17(20)19-16/h2-4,6-7,9,14,18H,5,8,10-11H2,1H3,(H,19,20). The average Bonchev–Trinajstić information content (AvgIpc) is 2.53. The van der Waals surface area contributed by atoms with E-state index >= 15 is 0 Å². The van der Waals surface area contributed by atoms with Crippen molar-refractivity contribution in [3.63, 3.8) is 0 Å². The van der Waals surface area contributed by atoms with Crippen molar-refractivity contribution in [1.29, 1.82) is 0 Å². The lowest BCUT2D eigenvalue weighted by Crippen LogP contribution is -2.35. The maximum Gasteiger partial charge on any atom is 0.248 e. The van der Waals surface area contributed by atoms with E-state index in [1.165, 1.54) is 11.1 Å². The molecule has 1 aliphatic rings. The fourth-order valence-electron chi connectivity index (χ4n) is 2.83. The molecule has 1 atom stereocenters. The van der Waals surface area contributed by atoms with Crippen LogP contribution in [0.3, 0.4) is 0 Å². The van der Waals surface area contributed by atoms with Gasteiger partial charge in [0, 0.05) is 24.3 Å². The van der Waals surface area contributed by atoms with E-state index in [1.807, 2.05) is 18.2 Å². The van der Waals surface area contributed by atoms with E-state index in [2.05, 4.69) is 22.4 Å². The van der Waals surface area contributed by atoms with Gasteiger partial charge >= 0.3 is 0 Å². The first kappa shape index (κ1) is 13.9. The molecule has 110 valence electrons. The molecular formula is C17H20N2O2. The number of hydrogen-bond acceptors (Lipinski definition) is 3. The Balaban J connectivity index is 1.59. The summed E-state index contributed by atoms with van der Waals surface area (Å²) >= 11 is 0. The van der Waals surface area contributed by atoms with Crippen LogP contribution in [-0.4, -0.2) is 18.1 Å². The van der Waals surface area contributed by atoms with E-state index in [1.54, 1.807) is 13.2 Å². The molecule has 2 aromatic rings. The summed E-state index contributed by atoms with van der Waals surface area (Å²) in [5.41, 5.74) is 3.61. The van der Waals surface area contributed by atoms with Crippen LogP contribution in [0.1, 0.15) is 23.2 Å². The van der Waals surface area contributed by atoms with Gasteiger partial charge in [-0.1, -0.05) is 18.2 Å². The van der Waals surface area contributed by atoms with Crippen molar-refractivity contribution >= 4 is 0 Å². The van der Waals surface area contributed by atoms with Gasteiger partial charge in [0.2, 0.25) is 5.56 Å². The quantitative estimate of drug-likeness (QED) is 0.903. The first-order valence-corrected chi connectivity index (χ1v) is 7.32. The molecular weight excluding hydrogens is 264 g/mol. The van der Waals surface area contributed by atoms with Crippen molar-refractivity contribution in [2.75, 3.05) is 7.11 Å². The zero-order valence-electron chi connectivity index (χ0n) is 12.2. The minimum absolute atomic E-state index is 0.00149. The van der Waals surface area contributed by atoms with Crippen molar-refractivity contribution in [1.82, 2.24) is 10.3 Å². The summed E-state index contributed by atoms with van der Waals surface area (Å²) in [6.45, 7) is 0.855. The minimum Gasteiger partial charge on any atom is -0.497 e. The maximum absolute atomic E-state index is 11.3. The van der Waals surface area contributed by atoms with Crippen LogP contribution in [0.25, 0.3) is 0 Å². The highest BCUT2D eigenvalue weighted by molar-refractivity contribution is 5.27. The Kier molecular flexibility index (Phi) is 4.06. The topological polar surface area (TPSA) is 54.1 Å². The highest BCUT2D eigenvalue weighted by Gasteiger charge is 2.18. The number of aromatic nitrogens is 1. The molecule has 0 amide bonds. The van der Waals surface area contributed by atoms with Gasteiger partial charge in [0.1, 0.15) is 5.75 Å². The smallest absolute Gasteiger partial charge is 0.248 e. The van der Waals surface area contributed by atoms with E-state index in [0.717, 1.165) is 37.3 Å². The lowest BCUT2D eigenvalue weighted by molar-refractivity contribution is 0.414. The molecule has 1 aromatic heterocycles. The number of ether oxygens (including phenoxy) is 1. The number of nitrogens with one attached hydrogen (secondary N) is 2. The number of methoxy groups -OCH3 is 1. The van der Waals surface area contributed by atoms with E-state index < -0.39 is 0 Å². The summed E-state index contributed by atoms with van der Waals surface area (Å²) in [4.78, 5) is 14.2. The maximum atomic E-state index is 11.3. The molecule has 0 spiro atoms. The molecule has 1 unspecified atom stereocenters. The number of aryl methyl sites for hydroxylation is 1. The van der Waals surface area contributed by atoms with Crippen LogP contribution in [-0.2, 0) is 19.4 Å². The SMILES string of the molecule is COc1ccc(CNC2CCc3[nH]c(=O)ccc3C2)cc1. The first-order chi connectivity index (χ1) is 10.2. The third-order valence-corrected chi connectivity index (χ3v) is 4.06. The average molecular weight is 284 g/mol. The minimum atomic E-state index is -0.00149. The lowest BCUT2D eigenvalue weighted by Gasteiger charge is -2.25. The molecule has 0 fully saturated rings. The van der Waals surface area contributed by atoms with E-state index in [-0.39, 0.29) is 5.56 Å². The first-order valence-electron chi connectivity index (χ1n) is 7.32. The van der Waals surface area contributed by atoms with Gasteiger partial charge in [-0.15, -0.1) is 0 Å². The molecule has 0 radical (unpaired) electrons. The van der Waals surface area contributed by atoms with Gasteiger partial charge in [-0.25, -0.2) is 0 Å². The normalized spacial score (nSPS) is 17.3. The zero-order chi connectivity index (χ0) is 14.7. The summed E-state index contributed by atoms with van der Waals surface area (Å²) in [6.07, 6.45) is 2.97. The molecule has 1 aromatic carbocycles. The number of hydrogen-bond donors (Lipinski definition) is 2. The zero-order valence-corrected chi connectivity index (χ0v) is 12.2. The Morgan fingerprint density at radius 3 is 2.81 bits per heavy atom. The summed E-state index contributed by atoms with van der Waals surface area (Å²) in [6, 6.07) is 12.2. The predicted molar refractivity (Wildman–Crippen MR) is 82.7 cm³/mol. The Labute approximate surface area is 124 Å². The van der Waals surface area contributed by atoms with Gasteiger partial charge in [-0.3, -0.25) is 4.79 Å². The second-order valence-corrected chi connectivity index (χ2v) is 5.50. The number of aromatic amines is 1. The fraction of sp³-hybridized carbons (Fsp3) is 0.353. The Hall–Kier alpha value is -2.07. The van der Waals surface area contributed by atoms with Crippen LogP contribution in [0, 0.1) is 0 Å². The van der Waals surface area contributed by atoms with Crippen molar-refractivity contribution in [3.05, 3.63) is 63.6 Å². The monoisotopic (exact) mass is 284 g/mol. The Morgan fingerprint density at radius 2 is 2.05 bits per heavy atom. The molecule has 0 saturated heterocycles. The molecule has 0 aliphatic heterocycles. The predicted octanol–water partition coefficient (Wildman–Crippen LogP) is 2.03. The molecule has 0 saturated carbocycles. The Bertz CT molecular complexity index is 661. The number of pyridine rings is 1. The fourth-order valence-corrected chi connectivity index (χ4v) is 2.83. The van der Waals surface area contributed by atoms with Crippen LogP contribution in [0.15, 0.2) is 41.2 Å². The van der Waals surface area contributed by atoms with Gasteiger partial charge in [-0.2, -0.15) is 0 Å². The lowest BCUT2D eigenvalue weighted by atomic mass is 9.92.